The molecule has 0 radical (unpaired) electrons. The van der Waals surface area contributed by atoms with Crippen LogP contribution in [0.2, 0.25) is 0 Å². The van der Waals surface area contributed by atoms with E-state index in [1.54, 1.807) is 13.0 Å². The Kier molecular flexibility index (Phi) is 5.39. The molecule has 0 fully saturated rings. The summed E-state index contributed by atoms with van der Waals surface area (Å²) in [5.74, 6) is 0.922. The minimum Gasteiger partial charge on any atom is -0.493 e. The molecule has 0 aliphatic carbocycles. The second kappa shape index (κ2) is 7.49. The van der Waals surface area contributed by atoms with Crippen molar-refractivity contribution in [3.63, 3.8) is 0 Å². The second-order valence-corrected chi connectivity index (χ2v) is 5.07. The Hall–Kier alpha value is -2.28. The molecule has 0 atom stereocenters. The molecule has 1 N–H and O–H groups in total. The van der Waals surface area contributed by atoms with Gasteiger partial charge in [0.15, 0.2) is 0 Å². The molecule has 2 rings (SSSR count). The second-order valence-electron chi connectivity index (χ2n) is 4.03. The molecule has 110 valence electrons. The van der Waals surface area contributed by atoms with Crippen LogP contribution in [0.15, 0.2) is 40.0 Å². The van der Waals surface area contributed by atoms with Gasteiger partial charge in [-0.1, -0.05) is 23.9 Å². The van der Waals surface area contributed by atoms with Crippen LogP contribution in [0.1, 0.15) is 11.5 Å². The molecule has 1 aromatic carbocycles. The zero-order valence-corrected chi connectivity index (χ0v) is 12.2. The number of carbonyl (C=O) groups is 1. The molecule has 0 saturated heterocycles. The molecule has 0 saturated carbocycles. The van der Waals surface area contributed by atoms with Crippen LogP contribution in [0.3, 0.4) is 0 Å². The molecule has 0 aliphatic heterocycles. The van der Waals surface area contributed by atoms with Crippen molar-refractivity contribution in [2.24, 2.45) is 0 Å². The average molecular weight is 306 g/mol. The maximum Gasteiger partial charge on any atom is 0.328 e. The quantitative estimate of drug-likeness (QED) is 0.478. The summed E-state index contributed by atoms with van der Waals surface area (Å²) < 4.78 is 10.8. The molecule has 1 heterocycles. The lowest BCUT2D eigenvalue weighted by Gasteiger charge is -2.05. The maximum atomic E-state index is 10.5. The highest BCUT2D eigenvalue weighted by Crippen LogP contribution is 2.17. The molecular weight excluding hydrogens is 292 g/mol. The molecule has 7 heteroatoms. The van der Waals surface area contributed by atoms with Gasteiger partial charge in [0.05, 0.1) is 6.61 Å². The van der Waals surface area contributed by atoms with Crippen LogP contribution in [0, 0.1) is 6.92 Å². The van der Waals surface area contributed by atoms with Crippen LogP contribution >= 0.6 is 11.8 Å². The minimum absolute atomic E-state index is 0.484. The predicted molar refractivity (Wildman–Crippen MR) is 78.4 cm³/mol. The van der Waals surface area contributed by atoms with E-state index in [2.05, 4.69) is 10.2 Å². The number of thioether (sulfide) groups is 1. The standard InChI is InChI=1S/C14H14N2O4S/c1-10-15-16-14(20-10)21-8-7-19-12-4-2-3-11(9-12)5-6-13(17)18/h2-6,9H,7-8H2,1H3,(H,17,18). The van der Waals surface area contributed by atoms with Gasteiger partial charge in [0.25, 0.3) is 5.22 Å². The third kappa shape index (κ3) is 5.31. The maximum absolute atomic E-state index is 10.5. The van der Waals surface area contributed by atoms with Gasteiger partial charge in [0, 0.05) is 18.8 Å². The monoisotopic (exact) mass is 306 g/mol. The summed E-state index contributed by atoms with van der Waals surface area (Å²) >= 11 is 1.42. The van der Waals surface area contributed by atoms with Crippen LogP contribution in [-0.2, 0) is 4.79 Å². The van der Waals surface area contributed by atoms with Crippen LogP contribution in [0.4, 0.5) is 0 Å². The molecule has 21 heavy (non-hydrogen) atoms. The van der Waals surface area contributed by atoms with Crippen molar-refractivity contribution in [3.8, 4) is 5.75 Å². The van der Waals surface area contributed by atoms with E-state index in [1.807, 2.05) is 18.2 Å². The van der Waals surface area contributed by atoms with Crippen molar-refractivity contribution in [1.82, 2.24) is 10.2 Å². The first-order valence-corrected chi connectivity index (χ1v) is 7.19. The van der Waals surface area contributed by atoms with Gasteiger partial charge in [-0.3, -0.25) is 0 Å². The Morgan fingerprint density at radius 1 is 1.48 bits per heavy atom. The van der Waals surface area contributed by atoms with Crippen LogP contribution in [0.5, 0.6) is 5.75 Å². The van der Waals surface area contributed by atoms with E-state index >= 15 is 0 Å². The van der Waals surface area contributed by atoms with E-state index in [0.717, 1.165) is 11.6 Å². The normalized spacial score (nSPS) is 10.9. The molecule has 0 unspecified atom stereocenters. The van der Waals surface area contributed by atoms with Crippen molar-refractivity contribution in [1.29, 1.82) is 0 Å². The van der Waals surface area contributed by atoms with Crippen LogP contribution in [-0.4, -0.2) is 33.6 Å². The van der Waals surface area contributed by atoms with Crippen LogP contribution in [0.25, 0.3) is 6.08 Å². The third-order valence-electron chi connectivity index (χ3n) is 2.36. The van der Waals surface area contributed by atoms with Gasteiger partial charge in [0.2, 0.25) is 5.89 Å². The van der Waals surface area contributed by atoms with Gasteiger partial charge in [-0.25, -0.2) is 4.79 Å². The van der Waals surface area contributed by atoms with Gasteiger partial charge in [-0.2, -0.15) is 0 Å². The molecule has 0 bridgehead atoms. The van der Waals surface area contributed by atoms with Crippen molar-refractivity contribution in [2.75, 3.05) is 12.4 Å². The summed E-state index contributed by atoms with van der Waals surface area (Å²) in [4.78, 5) is 10.5. The van der Waals surface area contributed by atoms with Gasteiger partial charge in [0.1, 0.15) is 5.75 Å². The number of aliphatic carboxylic acids is 1. The smallest absolute Gasteiger partial charge is 0.328 e. The van der Waals surface area contributed by atoms with Crippen molar-refractivity contribution >= 4 is 23.8 Å². The highest BCUT2D eigenvalue weighted by Gasteiger charge is 2.03. The largest absolute Gasteiger partial charge is 0.493 e. The predicted octanol–water partition coefficient (Wildman–Crippen LogP) is 2.65. The lowest BCUT2D eigenvalue weighted by molar-refractivity contribution is -0.131. The fourth-order valence-electron chi connectivity index (χ4n) is 1.50. The topological polar surface area (TPSA) is 85.5 Å². The Bertz CT molecular complexity index is 639. The van der Waals surface area contributed by atoms with Gasteiger partial charge in [-0.15, -0.1) is 10.2 Å². The summed E-state index contributed by atoms with van der Waals surface area (Å²) in [6.45, 7) is 2.22. The lowest BCUT2D eigenvalue weighted by atomic mass is 10.2. The summed E-state index contributed by atoms with van der Waals surface area (Å²) in [6.07, 6.45) is 2.61. The first kappa shape index (κ1) is 15.1. The van der Waals surface area contributed by atoms with E-state index in [0.29, 0.717) is 29.2 Å². The Morgan fingerprint density at radius 2 is 2.33 bits per heavy atom. The molecule has 0 spiro atoms. The van der Waals surface area contributed by atoms with E-state index in [9.17, 15) is 4.79 Å². The number of nitrogens with zero attached hydrogens (tertiary/aromatic N) is 2. The Morgan fingerprint density at radius 3 is 3.05 bits per heavy atom. The number of hydrogen-bond acceptors (Lipinski definition) is 6. The van der Waals surface area contributed by atoms with Gasteiger partial charge >= 0.3 is 5.97 Å². The number of ether oxygens (including phenoxy) is 1. The Labute approximate surface area is 125 Å². The lowest BCUT2D eigenvalue weighted by Crippen LogP contribution is -2.00. The molecule has 6 nitrogen and oxygen atoms in total. The van der Waals surface area contributed by atoms with E-state index in [1.165, 1.54) is 17.8 Å². The average Bonchev–Trinajstić information content (AvgIpc) is 2.87. The fraction of sp³-hybridized carbons (Fsp3) is 0.214. The van der Waals surface area contributed by atoms with Crippen molar-refractivity contribution in [3.05, 3.63) is 41.8 Å². The summed E-state index contributed by atoms with van der Waals surface area (Å²) in [7, 11) is 0. The molecule has 0 aliphatic rings. The minimum atomic E-state index is -0.979. The van der Waals surface area contributed by atoms with E-state index in [4.69, 9.17) is 14.3 Å². The highest BCUT2D eigenvalue weighted by molar-refractivity contribution is 7.99. The zero-order chi connectivity index (χ0) is 15.1. The summed E-state index contributed by atoms with van der Waals surface area (Å²) in [5.41, 5.74) is 0.773. The van der Waals surface area contributed by atoms with Crippen molar-refractivity contribution < 1.29 is 19.1 Å². The number of carboxylic acids is 1. The SMILES string of the molecule is Cc1nnc(SCCOc2cccc(C=CC(=O)O)c2)o1. The molecule has 2 aromatic rings. The van der Waals surface area contributed by atoms with Gasteiger partial charge < -0.3 is 14.3 Å². The third-order valence-corrected chi connectivity index (χ3v) is 3.14. The first-order chi connectivity index (χ1) is 10.1. The zero-order valence-electron chi connectivity index (χ0n) is 11.4. The number of aryl methyl sites for hydroxylation is 1. The van der Waals surface area contributed by atoms with Gasteiger partial charge in [-0.05, 0) is 23.8 Å². The first-order valence-electron chi connectivity index (χ1n) is 6.20. The van der Waals surface area contributed by atoms with E-state index in [-0.39, 0.29) is 0 Å². The van der Waals surface area contributed by atoms with Crippen molar-refractivity contribution in [2.45, 2.75) is 12.1 Å². The number of hydrogen-bond donors (Lipinski definition) is 1. The molecule has 1 aromatic heterocycles. The number of benzene rings is 1. The number of rotatable bonds is 7. The van der Waals surface area contributed by atoms with E-state index < -0.39 is 5.97 Å². The van der Waals surface area contributed by atoms with Crippen LogP contribution < -0.4 is 4.74 Å². The molecule has 0 amide bonds. The number of carboxylic acid groups (broad SMARTS) is 1. The molecular formula is C14H14N2O4S. The highest BCUT2D eigenvalue weighted by atomic mass is 32.2. The number of aromatic nitrogens is 2. The summed E-state index contributed by atoms with van der Waals surface area (Å²) in [5, 5.41) is 16.7. The summed E-state index contributed by atoms with van der Waals surface area (Å²) in [6, 6.07) is 7.22. The Balaban J connectivity index is 1.80. The fourth-order valence-corrected chi connectivity index (χ4v) is 2.12.